The number of likely N-dealkylation sites (N-methyl/N-ethyl adjacent to an activating group) is 1. The van der Waals surface area contributed by atoms with E-state index in [0.29, 0.717) is 12.6 Å². The fraction of sp³-hybridized carbons (Fsp3) is 0.421. The number of carbonyl (C=O) groups is 1. The molecule has 1 amide bonds. The van der Waals surface area contributed by atoms with Gasteiger partial charge in [0.1, 0.15) is 0 Å². The Balaban J connectivity index is 1.68. The molecule has 1 N–H and O–H groups in total. The highest BCUT2D eigenvalue weighted by molar-refractivity contribution is 7.08. The molecule has 1 aromatic carbocycles. The summed E-state index contributed by atoms with van der Waals surface area (Å²) >= 11 is 1.58. The minimum absolute atomic E-state index is 0.137. The Kier molecular flexibility index (Phi) is 5.66. The first-order valence-corrected chi connectivity index (χ1v) is 9.37. The summed E-state index contributed by atoms with van der Waals surface area (Å²) in [6.07, 6.45) is 1.93. The minimum atomic E-state index is 0.137. The third-order valence-corrected chi connectivity index (χ3v) is 5.55. The van der Waals surface area contributed by atoms with Crippen LogP contribution in [0.3, 0.4) is 0 Å². The standard InChI is InChI=1S/C19H24N2O2S/c1-20(11-12-22)16-7-9-21(10-8-16)19(23)18-14-24-13-17(18)15-5-3-2-4-6-15/h2-6,13-14,16,22H,7-12H2,1H3. The summed E-state index contributed by atoms with van der Waals surface area (Å²) in [6, 6.07) is 10.6. The predicted molar refractivity (Wildman–Crippen MR) is 98.4 cm³/mol. The van der Waals surface area contributed by atoms with Crippen LogP contribution in [0.25, 0.3) is 11.1 Å². The molecule has 1 fully saturated rings. The molecule has 0 radical (unpaired) electrons. The van der Waals surface area contributed by atoms with Crippen LogP contribution in [0.2, 0.25) is 0 Å². The molecule has 0 spiro atoms. The summed E-state index contributed by atoms with van der Waals surface area (Å²) in [7, 11) is 2.05. The molecule has 1 aliphatic heterocycles. The molecule has 2 aromatic rings. The van der Waals surface area contributed by atoms with Gasteiger partial charge in [-0.3, -0.25) is 4.79 Å². The van der Waals surface area contributed by atoms with Crippen molar-refractivity contribution in [3.8, 4) is 11.1 Å². The maximum Gasteiger partial charge on any atom is 0.255 e. The van der Waals surface area contributed by atoms with Crippen LogP contribution >= 0.6 is 11.3 Å². The molecule has 0 aliphatic carbocycles. The number of hydrogen-bond acceptors (Lipinski definition) is 4. The number of nitrogens with zero attached hydrogens (tertiary/aromatic N) is 2. The third-order valence-electron chi connectivity index (χ3n) is 4.80. The molecule has 4 nitrogen and oxygen atoms in total. The molecule has 1 aromatic heterocycles. The summed E-state index contributed by atoms with van der Waals surface area (Å²) in [5.41, 5.74) is 2.94. The zero-order valence-corrected chi connectivity index (χ0v) is 14.8. The van der Waals surface area contributed by atoms with Crippen molar-refractivity contribution in [2.75, 3.05) is 33.3 Å². The first-order chi connectivity index (χ1) is 11.7. The van der Waals surface area contributed by atoms with Crippen LogP contribution < -0.4 is 0 Å². The van der Waals surface area contributed by atoms with Crippen LogP contribution in [-0.4, -0.2) is 60.1 Å². The second-order valence-corrected chi connectivity index (χ2v) is 7.04. The maximum atomic E-state index is 12.9. The van der Waals surface area contributed by atoms with Crippen LogP contribution in [0, 0.1) is 0 Å². The quantitative estimate of drug-likeness (QED) is 0.907. The number of piperidine rings is 1. The van der Waals surface area contributed by atoms with E-state index in [-0.39, 0.29) is 12.5 Å². The topological polar surface area (TPSA) is 43.8 Å². The van der Waals surface area contributed by atoms with Crippen molar-refractivity contribution in [2.24, 2.45) is 0 Å². The lowest BCUT2D eigenvalue weighted by Crippen LogP contribution is -2.46. The van der Waals surface area contributed by atoms with Gasteiger partial charge in [0.05, 0.1) is 12.2 Å². The molecule has 1 aliphatic rings. The number of thiophene rings is 1. The van der Waals surface area contributed by atoms with Gasteiger partial charge in [0.25, 0.3) is 5.91 Å². The third kappa shape index (κ3) is 3.69. The van der Waals surface area contributed by atoms with Gasteiger partial charge in [-0.05, 0) is 30.8 Å². The van der Waals surface area contributed by atoms with Gasteiger partial charge in [-0.15, -0.1) is 0 Å². The Bertz CT molecular complexity index is 663. The highest BCUT2D eigenvalue weighted by Crippen LogP contribution is 2.29. The van der Waals surface area contributed by atoms with E-state index < -0.39 is 0 Å². The van der Waals surface area contributed by atoms with Crippen molar-refractivity contribution in [2.45, 2.75) is 18.9 Å². The smallest absolute Gasteiger partial charge is 0.255 e. The number of amides is 1. The van der Waals surface area contributed by atoms with Gasteiger partial charge in [-0.25, -0.2) is 0 Å². The first kappa shape index (κ1) is 17.1. The monoisotopic (exact) mass is 344 g/mol. The number of aliphatic hydroxyl groups is 1. The normalized spacial score (nSPS) is 15.9. The predicted octanol–water partition coefficient (Wildman–Crippen LogP) is 2.94. The Morgan fingerprint density at radius 2 is 1.96 bits per heavy atom. The van der Waals surface area contributed by atoms with E-state index in [2.05, 4.69) is 22.4 Å². The van der Waals surface area contributed by atoms with E-state index in [4.69, 9.17) is 5.11 Å². The van der Waals surface area contributed by atoms with Gasteiger partial charge in [-0.2, -0.15) is 11.3 Å². The summed E-state index contributed by atoms with van der Waals surface area (Å²) in [4.78, 5) is 17.1. The fourth-order valence-electron chi connectivity index (χ4n) is 3.32. The zero-order chi connectivity index (χ0) is 16.9. The number of aliphatic hydroxyl groups excluding tert-OH is 1. The number of likely N-dealkylation sites (tertiary alicyclic amines) is 1. The summed E-state index contributed by atoms with van der Waals surface area (Å²) < 4.78 is 0. The summed E-state index contributed by atoms with van der Waals surface area (Å²) in [5, 5.41) is 13.1. The van der Waals surface area contributed by atoms with Crippen LogP contribution in [-0.2, 0) is 0 Å². The van der Waals surface area contributed by atoms with Crippen molar-refractivity contribution >= 4 is 17.2 Å². The molecule has 5 heteroatoms. The van der Waals surface area contributed by atoms with Gasteiger partial charge >= 0.3 is 0 Å². The number of carbonyl (C=O) groups excluding carboxylic acids is 1. The molecule has 2 heterocycles. The van der Waals surface area contributed by atoms with Crippen molar-refractivity contribution in [1.82, 2.24) is 9.80 Å². The molecule has 0 saturated carbocycles. The first-order valence-electron chi connectivity index (χ1n) is 8.42. The van der Waals surface area contributed by atoms with E-state index in [1.54, 1.807) is 11.3 Å². The van der Waals surface area contributed by atoms with Crippen molar-refractivity contribution in [3.05, 3.63) is 46.7 Å². The van der Waals surface area contributed by atoms with E-state index in [1.807, 2.05) is 35.5 Å². The number of benzene rings is 1. The van der Waals surface area contributed by atoms with Gasteiger partial charge in [0.15, 0.2) is 0 Å². The van der Waals surface area contributed by atoms with Crippen molar-refractivity contribution < 1.29 is 9.90 Å². The van der Waals surface area contributed by atoms with E-state index in [0.717, 1.165) is 42.6 Å². The lowest BCUT2D eigenvalue weighted by molar-refractivity contribution is 0.0630. The van der Waals surface area contributed by atoms with Crippen molar-refractivity contribution in [1.29, 1.82) is 0 Å². The highest BCUT2D eigenvalue weighted by Gasteiger charge is 2.27. The van der Waals surface area contributed by atoms with Gasteiger partial charge in [0.2, 0.25) is 0 Å². The van der Waals surface area contributed by atoms with Gasteiger partial charge in [0, 0.05) is 36.6 Å². The molecule has 3 rings (SSSR count). The molecular formula is C19H24N2O2S. The molecule has 24 heavy (non-hydrogen) atoms. The van der Waals surface area contributed by atoms with E-state index in [9.17, 15) is 4.79 Å². The fourth-order valence-corrected chi connectivity index (χ4v) is 4.16. The molecule has 1 saturated heterocycles. The Morgan fingerprint density at radius 1 is 1.25 bits per heavy atom. The molecule has 128 valence electrons. The van der Waals surface area contributed by atoms with Gasteiger partial charge in [-0.1, -0.05) is 30.3 Å². The average molecular weight is 344 g/mol. The SMILES string of the molecule is CN(CCO)C1CCN(C(=O)c2cscc2-c2ccccc2)CC1. The van der Waals surface area contributed by atoms with Gasteiger partial charge < -0.3 is 14.9 Å². The van der Waals surface area contributed by atoms with Crippen LogP contribution in [0.5, 0.6) is 0 Å². The number of hydrogen-bond donors (Lipinski definition) is 1. The lowest BCUT2D eigenvalue weighted by Gasteiger charge is -2.36. The molecule has 0 atom stereocenters. The van der Waals surface area contributed by atoms with E-state index in [1.165, 1.54) is 0 Å². The second kappa shape index (κ2) is 7.92. The van der Waals surface area contributed by atoms with Crippen LogP contribution in [0.15, 0.2) is 41.1 Å². The Morgan fingerprint density at radius 3 is 2.62 bits per heavy atom. The zero-order valence-electron chi connectivity index (χ0n) is 14.0. The summed E-state index contributed by atoms with van der Waals surface area (Å²) in [5.74, 6) is 0.137. The lowest BCUT2D eigenvalue weighted by atomic mass is 10.0. The molecule has 0 unspecified atom stereocenters. The Hall–Kier alpha value is -1.69. The summed E-state index contributed by atoms with van der Waals surface area (Å²) in [6.45, 7) is 2.44. The average Bonchev–Trinajstić information content (AvgIpc) is 3.12. The van der Waals surface area contributed by atoms with E-state index >= 15 is 0 Å². The highest BCUT2D eigenvalue weighted by atomic mass is 32.1. The van der Waals surface area contributed by atoms with Crippen LogP contribution in [0.1, 0.15) is 23.2 Å². The van der Waals surface area contributed by atoms with Crippen LogP contribution in [0.4, 0.5) is 0 Å². The maximum absolute atomic E-state index is 12.9. The molecule has 0 bridgehead atoms. The largest absolute Gasteiger partial charge is 0.395 e. The Labute approximate surface area is 147 Å². The number of rotatable bonds is 5. The van der Waals surface area contributed by atoms with Crippen molar-refractivity contribution in [3.63, 3.8) is 0 Å². The minimum Gasteiger partial charge on any atom is -0.395 e. The second-order valence-electron chi connectivity index (χ2n) is 6.29. The molecular weight excluding hydrogens is 320 g/mol.